The molecule has 2 heterocycles. The molecule has 0 aliphatic heterocycles. The second-order valence-electron chi connectivity index (χ2n) is 5.83. The molecule has 4 nitrogen and oxygen atoms in total. The monoisotopic (exact) mass is 308 g/mol. The van der Waals surface area contributed by atoms with Gasteiger partial charge in [-0.15, -0.1) is 5.10 Å². The van der Waals surface area contributed by atoms with Crippen LogP contribution in [0, 0.1) is 5.41 Å². The molecule has 5 heteroatoms. The van der Waals surface area contributed by atoms with Gasteiger partial charge in [0.1, 0.15) is 0 Å². The minimum atomic E-state index is 0.444. The Labute approximate surface area is 115 Å². The van der Waals surface area contributed by atoms with Crippen molar-refractivity contribution in [2.45, 2.75) is 39.2 Å². The smallest absolute Gasteiger partial charge is 0.243 e. The van der Waals surface area contributed by atoms with Gasteiger partial charge in [0.05, 0.1) is 0 Å². The van der Waals surface area contributed by atoms with Crippen LogP contribution in [-0.2, 0) is 0 Å². The van der Waals surface area contributed by atoms with Crippen molar-refractivity contribution >= 4 is 27.5 Å². The van der Waals surface area contributed by atoms with Crippen LogP contribution in [0.25, 0.3) is 5.65 Å². The van der Waals surface area contributed by atoms with Crippen LogP contribution in [0.2, 0.25) is 0 Å². The van der Waals surface area contributed by atoms with Crippen LogP contribution < -0.4 is 5.32 Å². The molecule has 2 aromatic rings. The lowest BCUT2D eigenvalue weighted by Gasteiger charge is -2.17. The maximum atomic E-state index is 4.48. The first kappa shape index (κ1) is 12.0. The Bertz CT molecular complexity index is 575. The lowest BCUT2D eigenvalue weighted by atomic mass is 9.92. The number of aromatic nitrogens is 3. The Kier molecular flexibility index (Phi) is 2.81. The lowest BCUT2D eigenvalue weighted by molar-refractivity contribution is 0.378. The van der Waals surface area contributed by atoms with Crippen LogP contribution in [-0.4, -0.2) is 20.6 Å². The van der Waals surface area contributed by atoms with Crippen molar-refractivity contribution in [3.05, 3.63) is 22.8 Å². The number of anilines is 1. The predicted octanol–water partition coefficient (Wildman–Crippen LogP) is 3.48. The number of nitrogens with one attached hydrogen (secondary N) is 1. The molecule has 1 saturated carbocycles. The maximum absolute atomic E-state index is 4.48. The quantitative estimate of drug-likeness (QED) is 0.923. The Hall–Kier alpha value is -1.10. The zero-order chi connectivity index (χ0) is 12.8. The summed E-state index contributed by atoms with van der Waals surface area (Å²) in [5.41, 5.74) is 1.32. The zero-order valence-corrected chi connectivity index (χ0v) is 12.2. The highest BCUT2D eigenvalue weighted by atomic mass is 79.9. The van der Waals surface area contributed by atoms with E-state index in [1.807, 2.05) is 18.3 Å². The first-order valence-electron chi connectivity index (χ1n) is 6.30. The average Bonchev–Trinajstić information content (AvgIpc) is 2.81. The Morgan fingerprint density at radius 1 is 1.44 bits per heavy atom. The first-order valence-corrected chi connectivity index (χ1v) is 7.10. The van der Waals surface area contributed by atoms with Gasteiger partial charge in [0.15, 0.2) is 5.65 Å². The third kappa shape index (κ3) is 2.36. The normalized spacial score (nSPS) is 22.5. The highest BCUT2D eigenvalue weighted by Crippen LogP contribution is 2.37. The third-order valence-corrected chi connectivity index (χ3v) is 4.07. The van der Waals surface area contributed by atoms with Gasteiger partial charge in [-0.05, 0) is 52.7 Å². The number of rotatable bonds is 2. The van der Waals surface area contributed by atoms with Crippen LogP contribution in [0.1, 0.15) is 33.1 Å². The van der Waals surface area contributed by atoms with Gasteiger partial charge in [-0.2, -0.15) is 4.98 Å². The molecule has 0 bridgehead atoms. The van der Waals surface area contributed by atoms with Crippen LogP contribution in [0.3, 0.4) is 0 Å². The van der Waals surface area contributed by atoms with Crippen LogP contribution in [0.5, 0.6) is 0 Å². The van der Waals surface area contributed by atoms with Gasteiger partial charge < -0.3 is 5.32 Å². The molecule has 2 aromatic heterocycles. The van der Waals surface area contributed by atoms with Crippen LogP contribution in [0.4, 0.5) is 5.95 Å². The molecule has 1 aliphatic rings. The summed E-state index contributed by atoms with van der Waals surface area (Å²) in [6, 6.07) is 4.44. The van der Waals surface area contributed by atoms with E-state index in [2.05, 4.69) is 45.2 Å². The van der Waals surface area contributed by atoms with E-state index in [4.69, 9.17) is 0 Å². The standard InChI is InChI=1S/C13H17BrN4/c1-13(2)6-5-10(7-13)15-12-16-11-4-3-9(14)8-18(11)17-12/h3-4,8,10H,5-7H2,1-2H3,(H,15,17). The molecule has 18 heavy (non-hydrogen) atoms. The van der Waals surface area contributed by atoms with Gasteiger partial charge in [0.2, 0.25) is 5.95 Å². The van der Waals surface area contributed by atoms with Crippen LogP contribution in [0.15, 0.2) is 22.8 Å². The van der Waals surface area contributed by atoms with Crippen molar-refractivity contribution in [1.29, 1.82) is 0 Å². The number of halogens is 1. The fraction of sp³-hybridized carbons (Fsp3) is 0.538. The van der Waals surface area contributed by atoms with Gasteiger partial charge >= 0.3 is 0 Å². The molecular weight excluding hydrogens is 292 g/mol. The number of hydrogen-bond acceptors (Lipinski definition) is 3. The van der Waals surface area contributed by atoms with Crippen molar-refractivity contribution in [2.24, 2.45) is 5.41 Å². The first-order chi connectivity index (χ1) is 8.52. The molecule has 0 amide bonds. The molecular formula is C13H17BrN4. The number of hydrogen-bond donors (Lipinski definition) is 1. The van der Waals surface area contributed by atoms with E-state index in [0.29, 0.717) is 11.5 Å². The fourth-order valence-electron chi connectivity index (χ4n) is 2.66. The van der Waals surface area contributed by atoms with Gasteiger partial charge in [-0.25, -0.2) is 4.52 Å². The molecule has 1 fully saturated rings. The summed E-state index contributed by atoms with van der Waals surface area (Å²) in [6.45, 7) is 4.64. The average molecular weight is 309 g/mol. The van der Waals surface area contributed by atoms with E-state index >= 15 is 0 Å². The van der Waals surface area contributed by atoms with E-state index < -0.39 is 0 Å². The van der Waals surface area contributed by atoms with Crippen molar-refractivity contribution in [1.82, 2.24) is 14.6 Å². The number of nitrogens with zero attached hydrogens (tertiary/aromatic N) is 3. The highest BCUT2D eigenvalue weighted by Gasteiger charge is 2.31. The van der Waals surface area contributed by atoms with Gasteiger partial charge in [0.25, 0.3) is 0 Å². The SMILES string of the molecule is CC1(C)CCC(Nc2nc3ccc(Br)cn3n2)C1. The molecule has 3 rings (SSSR count). The van der Waals surface area contributed by atoms with Crippen LogP contribution >= 0.6 is 15.9 Å². The Balaban J connectivity index is 1.79. The van der Waals surface area contributed by atoms with Gasteiger partial charge in [-0.3, -0.25) is 0 Å². The summed E-state index contributed by atoms with van der Waals surface area (Å²) < 4.78 is 2.81. The Morgan fingerprint density at radius 2 is 2.28 bits per heavy atom. The molecule has 1 atom stereocenters. The molecule has 0 spiro atoms. The third-order valence-electron chi connectivity index (χ3n) is 3.60. The summed E-state index contributed by atoms with van der Waals surface area (Å²) in [6.07, 6.45) is 5.58. The van der Waals surface area contributed by atoms with Gasteiger partial charge in [0, 0.05) is 16.7 Å². The molecule has 1 N–H and O–H groups in total. The lowest BCUT2D eigenvalue weighted by Crippen LogP contribution is -2.18. The minimum Gasteiger partial charge on any atom is -0.350 e. The predicted molar refractivity (Wildman–Crippen MR) is 75.7 cm³/mol. The highest BCUT2D eigenvalue weighted by molar-refractivity contribution is 9.10. The van der Waals surface area contributed by atoms with E-state index in [0.717, 1.165) is 16.1 Å². The van der Waals surface area contributed by atoms with Crippen molar-refractivity contribution in [2.75, 3.05) is 5.32 Å². The van der Waals surface area contributed by atoms with Crippen molar-refractivity contribution < 1.29 is 0 Å². The second-order valence-corrected chi connectivity index (χ2v) is 6.75. The summed E-state index contributed by atoms with van der Waals surface area (Å²) in [4.78, 5) is 4.48. The summed E-state index contributed by atoms with van der Waals surface area (Å²) in [7, 11) is 0. The van der Waals surface area contributed by atoms with Crippen molar-refractivity contribution in [3.63, 3.8) is 0 Å². The largest absolute Gasteiger partial charge is 0.350 e. The fourth-order valence-corrected chi connectivity index (χ4v) is 2.99. The summed E-state index contributed by atoms with van der Waals surface area (Å²) >= 11 is 3.44. The molecule has 0 saturated heterocycles. The Morgan fingerprint density at radius 3 is 3.00 bits per heavy atom. The molecule has 0 aromatic carbocycles. The van der Waals surface area contributed by atoms with E-state index in [-0.39, 0.29) is 0 Å². The molecule has 0 radical (unpaired) electrons. The minimum absolute atomic E-state index is 0.444. The molecule has 1 aliphatic carbocycles. The molecule has 1 unspecified atom stereocenters. The maximum Gasteiger partial charge on any atom is 0.243 e. The van der Waals surface area contributed by atoms with E-state index in [1.165, 1.54) is 19.3 Å². The van der Waals surface area contributed by atoms with Crippen molar-refractivity contribution in [3.8, 4) is 0 Å². The topological polar surface area (TPSA) is 42.2 Å². The second kappa shape index (κ2) is 4.23. The summed E-state index contributed by atoms with van der Waals surface area (Å²) in [5, 5.41) is 7.90. The summed E-state index contributed by atoms with van der Waals surface area (Å²) in [5.74, 6) is 0.732. The van der Waals surface area contributed by atoms with E-state index in [1.54, 1.807) is 4.52 Å². The zero-order valence-electron chi connectivity index (χ0n) is 10.7. The van der Waals surface area contributed by atoms with Gasteiger partial charge in [-0.1, -0.05) is 13.8 Å². The van der Waals surface area contributed by atoms with E-state index in [9.17, 15) is 0 Å². The number of fused-ring (bicyclic) bond motifs is 1. The number of pyridine rings is 1. The molecule has 96 valence electrons.